The number of hydrogen-bond donors (Lipinski definition) is 0. The van der Waals surface area contributed by atoms with Crippen molar-refractivity contribution < 1.29 is 4.79 Å². The first-order valence-corrected chi connectivity index (χ1v) is 6.92. The molecular formula is C14H16N2OS. The minimum absolute atomic E-state index is 0.164. The predicted molar refractivity (Wildman–Crippen MR) is 72.9 cm³/mol. The van der Waals surface area contributed by atoms with Gasteiger partial charge < -0.3 is 0 Å². The number of ketones is 1. The SMILES string of the molecule is CCc1ccc(CC(=O)Cc2csc(C)n2)nc1. The van der Waals surface area contributed by atoms with Gasteiger partial charge in [-0.2, -0.15) is 0 Å². The van der Waals surface area contributed by atoms with Crippen LogP contribution in [0.3, 0.4) is 0 Å². The molecule has 4 heteroatoms. The molecule has 0 amide bonds. The average Bonchev–Trinajstić information content (AvgIpc) is 2.75. The van der Waals surface area contributed by atoms with Crippen LogP contribution < -0.4 is 0 Å². The van der Waals surface area contributed by atoms with E-state index in [0.29, 0.717) is 12.8 Å². The molecule has 0 bridgehead atoms. The Morgan fingerprint density at radius 2 is 2.06 bits per heavy atom. The summed E-state index contributed by atoms with van der Waals surface area (Å²) in [6.45, 7) is 4.04. The van der Waals surface area contributed by atoms with Crippen LogP contribution in [0.15, 0.2) is 23.7 Å². The summed E-state index contributed by atoms with van der Waals surface area (Å²) in [6.07, 6.45) is 3.61. The van der Waals surface area contributed by atoms with Crippen molar-refractivity contribution in [2.75, 3.05) is 0 Å². The number of carbonyl (C=O) groups excluding carboxylic acids is 1. The molecule has 0 atom stereocenters. The van der Waals surface area contributed by atoms with Gasteiger partial charge in [-0.1, -0.05) is 13.0 Å². The topological polar surface area (TPSA) is 42.9 Å². The van der Waals surface area contributed by atoms with Gasteiger partial charge in [-0.3, -0.25) is 9.78 Å². The van der Waals surface area contributed by atoms with Gasteiger partial charge >= 0.3 is 0 Å². The third-order valence-electron chi connectivity index (χ3n) is 2.72. The van der Waals surface area contributed by atoms with Crippen LogP contribution in [0.25, 0.3) is 0 Å². The van der Waals surface area contributed by atoms with Gasteiger partial charge in [0.2, 0.25) is 0 Å². The van der Waals surface area contributed by atoms with E-state index in [1.165, 1.54) is 5.56 Å². The van der Waals surface area contributed by atoms with E-state index in [0.717, 1.165) is 22.8 Å². The van der Waals surface area contributed by atoms with E-state index in [2.05, 4.69) is 16.9 Å². The van der Waals surface area contributed by atoms with Crippen molar-refractivity contribution in [2.45, 2.75) is 33.1 Å². The van der Waals surface area contributed by atoms with Crippen LogP contribution in [-0.4, -0.2) is 15.8 Å². The highest BCUT2D eigenvalue weighted by Gasteiger charge is 2.08. The number of nitrogens with zero attached hydrogens (tertiary/aromatic N) is 2. The van der Waals surface area contributed by atoms with Crippen LogP contribution in [0, 0.1) is 6.92 Å². The molecule has 0 aliphatic carbocycles. The summed E-state index contributed by atoms with van der Waals surface area (Å²) in [7, 11) is 0. The number of pyridine rings is 1. The van der Waals surface area contributed by atoms with Crippen LogP contribution in [0.4, 0.5) is 0 Å². The fourth-order valence-electron chi connectivity index (χ4n) is 1.72. The van der Waals surface area contributed by atoms with Crippen molar-refractivity contribution >= 4 is 17.1 Å². The third-order valence-corrected chi connectivity index (χ3v) is 3.54. The molecule has 0 spiro atoms. The fourth-order valence-corrected chi connectivity index (χ4v) is 2.34. The molecule has 94 valence electrons. The Bertz CT molecular complexity index is 531. The Morgan fingerprint density at radius 1 is 1.28 bits per heavy atom. The van der Waals surface area contributed by atoms with E-state index in [1.54, 1.807) is 11.3 Å². The minimum atomic E-state index is 0.164. The lowest BCUT2D eigenvalue weighted by atomic mass is 10.1. The molecule has 2 rings (SSSR count). The quantitative estimate of drug-likeness (QED) is 0.830. The largest absolute Gasteiger partial charge is 0.299 e. The summed E-state index contributed by atoms with van der Waals surface area (Å²) in [5.41, 5.74) is 2.90. The van der Waals surface area contributed by atoms with Gasteiger partial charge in [-0.05, 0) is 25.0 Å². The summed E-state index contributed by atoms with van der Waals surface area (Å²) in [5.74, 6) is 0.164. The van der Waals surface area contributed by atoms with E-state index < -0.39 is 0 Å². The smallest absolute Gasteiger partial charge is 0.144 e. The molecule has 0 aromatic carbocycles. The van der Waals surface area contributed by atoms with Crippen molar-refractivity contribution in [1.29, 1.82) is 0 Å². The van der Waals surface area contributed by atoms with Gasteiger partial charge in [0.05, 0.1) is 10.7 Å². The molecular weight excluding hydrogens is 244 g/mol. The second-order valence-corrected chi connectivity index (χ2v) is 5.32. The molecule has 2 aromatic rings. The second-order valence-electron chi connectivity index (χ2n) is 4.26. The van der Waals surface area contributed by atoms with Crippen LogP contribution in [0.1, 0.15) is 28.9 Å². The highest BCUT2D eigenvalue weighted by atomic mass is 32.1. The number of carbonyl (C=O) groups is 1. The lowest BCUT2D eigenvalue weighted by Gasteiger charge is -2.01. The van der Waals surface area contributed by atoms with Crippen molar-refractivity contribution in [3.8, 4) is 0 Å². The number of aromatic nitrogens is 2. The van der Waals surface area contributed by atoms with Crippen molar-refractivity contribution in [1.82, 2.24) is 9.97 Å². The monoisotopic (exact) mass is 260 g/mol. The van der Waals surface area contributed by atoms with Gasteiger partial charge in [-0.25, -0.2) is 4.98 Å². The Labute approximate surface area is 111 Å². The van der Waals surface area contributed by atoms with Gasteiger partial charge in [0.25, 0.3) is 0 Å². The molecule has 18 heavy (non-hydrogen) atoms. The van der Waals surface area contributed by atoms with Crippen molar-refractivity contribution in [3.05, 3.63) is 45.7 Å². The number of Topliss-reactive ketones (excluding diaryl/α,β-unsaturated/α-hetero) is 1. The molecule has 0 N–H and O–H groups in total. The third kappa shape index (κ3) is 3.47. The first kappa shape index (κ1) is 12.9. The zero-order chi connectivity index (χ0) is 13.0. The molecule has 0 radical (unpaired) electrons. The zero-order valence-electron chi connectivity index (χ0n) is 10.6. The first-order valence-electron chi connectivity index (χ1n) is 6.04. The number of aryl methyl sites for hydroxylation is 2. The molecule has 0 aliphatic rings. The first-order chi connectivity index (χ1) is 8.67. The van der Waals surface area contributed by atoms with E-state index in [9.17, 15) is 4.79 Å². The molecule has 0 aliphatic heterocycles. The Hall–Kier alpha value is -1.55. The van der Waals surface area contributed by atoms with Crippen LogP contribution in [0.5, 0.6) is 0 Å². The summed E-state index contributed by atoms with van der Waals surface area (Å²) >= 11 is 1.58. The molecule has 0 unspecified atom stereocenters. The van der Waals surface area contributed by atoms with Gasteiger partial charge in [0.15, 0.2) is 0 Å². The zero-order valence-corrected chi connectivity index (χ0v) is 11.5. The highest BCUT2D eigenvalue weighted by molar-refractivity contribution is 7.09. The van der Waals surface area contributed by atoms with E-state index in [-0.39, 0.29) is 5.78 Å². The standard InChI is InChI=1S/C14H16N2OS/c1-3-11-4-5-12(15-8-11)6-14(17)7-13-9-18-10(2)16-13/h4-5,8-9H,3,6-7H2,1-2H3. The van der Waals surface area contributed by atoms with Crippen LogP contribution >= 0.6 is 11.3 Å². The Morgan fingerprint density at radius 3 is 2.61 bits per heavy atom. The molecule has 2 aromatic heterocycles. The maximum Gasteiger partial charge on any atom is 0.144 e. The summed E-state index contributed by atoms with van der Waals surface area (Å²) in [4.78, 5) is 20.5. The number of hydrogen-bond acceptors (Lipinski definition) is 4. The summed E-state index contributed by atoms with van der Waals surface area (Å²) < 4.78 is 0. The number of rotatable bonds is 5. The normalized spacial score (nSPS) is 10.6. The number of thiazole rings is 1. The van der Waals surface area contributed by atoms with Crippen LogP contribution in [-0.2, 0) is 24.1 Å². The highest BCUT2D eigenvalue weighted by Crippen LogP contribution is 2.10. The lowest BCUT2D eigenvalue weighted by Crippen LogP contribution is -2.08. The van der Waals surface area contributed by atoms with Crippen molar-refractivity contribution in [2.24, 2.45) is 0 Å². The lowest BCUT2D eigenvalue weighted by molar-refractivity contribution is -0.117. The molecule has 0 saturated heterocycles. The molecule has 3 nitrogen and oxygen atoms in total. The summed E-state index contributed by atoms with van der Waals surface area (Å²) in [6, 6.07) is 3.96. The maximum atomic E-state index is 11.9. The average molecular weight is 260 g/mol. The minimum Gasteiger partial charge on any atom is -0.299 e. The van der Waals surface area contributed by atoms with Gasteiger partial charge in [0, 0.05) is 30.1 Å². The molecule has 0 fully saturated rings. The Kier molecular flexibility index (Phi) is 4.20. The predicted octanol–water partition coefficient (Wildman–Crippen LogP) is 2.76. The van der Waals surface area contributed by atoms with Gasteiger partial charge in [-0.15, -0.1) is 11.3 Å². The second kappa shape index (κ2) is 5.87. The van der Waals surface area contributed by atoms with Crippen LogP contribution in [0.2, 0.25) is 0 Å². The van der Waals surface area contributed by atoms with Crippen molar-refractivity contribution in [3.63, 3.8) is 0 Å². The van der Waals surface area contributed by atoms with Gasteiger partial charge in [0.1, 0.15) is 5.78 Å². The summed E-state index contributed by atoms with van der Waals surface area (Å²) in [5, 5.41) is 2.95. The van der Waals surface area contributed by atoms with E-state index in [4.69, 9.17) is 0 Å². The molecule has 2 heterocycles. The maximum absolute atomic E-state index is 11.9. The Balaban J connectivity index is 1.94. The fraction of sp³-hybridized carbons (Fsp3) is 0.357. The molecule has 0 saturated carbocycles. The van der Waals surface area contributed by atoms with E-state index in [1.807, 2.05) is 30.6 Å². The van der Waals surface area contributed by atoms with E-state index >= 15 is 0 Å².